The van der Waals surface area contributed by atoms with Crippen LogP contribution in [0.3, 0.4) is 0 Å². The highest BCUT2D eigenvalue weighted by Crippen LogP contribution is 2.21. The number of imidazole rings is 1. The van der Waals surface area contributed by atoms with Crippen molar-refractivity contribution in [3.63, 3.8) is 0 Å². The highest BCUT2D eigenvalue weighted by atomic mass is 16.4. The molecule has 2 rings (SSSR count). The Morgan fingerprint density at radius 1 is 1.45 bits per heavy atom. The van der Waals surface area contributed by atoms with E-state index in [9.17, 15) is 9.90 Å². The molecule has 5 nitrogen and oxygen atoms in total. The Hall–Kier alpha value is -1.88. The van der Waals surface area contributed by atoms with Gasteiger partial charge >= 0.3 is 5.97 Å². The summed E-state index contributed by atoms with van der Waals surface area (Å²) in [5, 5.41) is 9.43. The number of aromatic nitrogens is 2. The monoisotopic (exact) mass is 303 g/mol. The Labute approximate surface area is 131 Å². The number of allylic oxidation sites excluding steroid dienone is 3. The second-order valence-corrected chi connectivity index (χ2v) is 6.19. The van der Waals surface area contributed by atoms with Crippen LogP contribution in [0.25, 0.3) is 0 Å². The summed E-state index contributed by atoms with van der Waals surface area (Å²) >= 11 is 0. The molecule has 1 aliphatic heterocycles. The standard InChI is InChI=1S/C17H25N3O2/c1-12(2)5-4-6-13(3)7-8-20-10-15-14(18-11-19-15)9-16(20)17(21)22/h5,7,11,16H,4,6,8-10H2,1-3H3,(H,18,19)(H,21,22)/b13-7+/t16-/m0/s1. The van der Waals surface area contributed by atoms with Crippen molar-refractivity contribution in [3.8, 4) is 0 Å². The molecule has 0 spiro atoms. The molecule has 22 heavy (non-hydrogen) atoms. The molecule has 0 aromatic carbocycles. The maximum Gasteiger partial charge on any atom is 0.321 e. The van der Waals surface area contributed by atoms with Crippen molar-refractivity contribution >= 4 is 5.97 Å². The van der Waals surface area contributed by atoms with E-state index in [1.54, 1.807) is 6.33 Å². The zero-order valence-corrected chi connectivity index (χ0v) is 13.6. The summed E-state index contributed by atoms with van der Waals surface area (Å²) in [7, 11) is 0. The quantitative estimate of drug-likeness (QED) is 0.793. The van der Waals surface area contributed by atoms with Crippen LogP contribution in [0.5, 0.6) is 0 Å². The second kappa shape index (κ2) is 7.40. The maximum atomic E-state index is 11.5. The maximum absolute atomic E-state index is 11.5. The summed E-state index contributed by atoms with van der Waals surface area (Å²) in [6.45, 7) is 7.60. The number of hydrogen-bond acceptors (Lipinski definition) is 3. The molecule has 0 bridgehead atoms. The normalized spacial score (nSPS) is 18.9. The molecule has 0 unspecified atom stereocenters. The lowest BCUT2D eigenvalue weighted by atomic mass is 10.0. The van der Waals surface area contributed by atoms with Gasteiger partial charge in [0.05, 0.1) is 17.7 Å². The molecule has 0 fully saturated rings. The van der Waals surface area contributed by atoms with Gasteiger partial charge in [-0.05, 0) is 33.6 Å². The van der Waals surface area contributed by atoms with Crippen LogP contribution in [0.4, 0.5) is 0 Å². The molecule has 120 valence electrons. The third-order valence-corrected chi connectivity index (χ3v) is 4.05. The van der Waals surface area contributed by atoms with E-state index in [4.69, 9.17) is 0 Å². The number of hydrogen-bond donors (Lipinski definition) is 2. The van der Waals surface area contributed by atoms with Gasteiger partial charge in [0.15, 0.2) is 0 Å². The Bertz CT molecular complexity index is 582. The summed E-state index contributed by atoms with van der Waals surface area (Å²) in [5.41, 5.74) is 4.56. The van der Waals surface area contributed by atoms with Crippen LogP contribution in [0.1, 0.15) is 45.0 Å². The number of aromatic amines is 1. The van der Waals surface area contributed by atoms with Gasteiger partial charge < -0.3 is 10.1 Å². The zero-order valence-electron chi connectivity index (χ0n) is 13.6. The predicted octanol–water partition coefficient (Wildman–Crippen LogP) is 2.91. The van der Waals surface area contributed by atoms with Crippen LogP contribution in [-0.4, -0.2) is 38.5 Å². The molecular formula is C17H25N3O2. The third-order valence-electron chi connectivity index (χ3n) is 4.05. The molecular weight excluding hydrogens is 278 g/mol. The molecule has 1 aromatic rings. The van der Waals surface area contributed by atoms with Gasteiger partial charge in [-0.15, -0.1) is 0 Å². The molecule has 1 aliphatic rings. The largest absolute Gasteiger partial charge is 0.480 e. The Morgan fingerprint density at radius 3 is 2.91 bits per heavy atom. The van der Waals surface area contributed by atoms with Crippen molar-refractivity contribution < 1.29 is 9.90 Å². The molecule has 2 heterocycles. The molecule has 0 saturated carbocycles. The molecule has 0 saturated heterocycles. The number of aliphatic carboxylic acids is 1. The minimum atomic E-state index is -0.774. The van der Waals surface area contributed by atoms with Crippen molar-refractivity contribution in [2.45, 2.75) is 52.6 Å². The Balaban J connectivity index is 1.98. The molecule has 2 N–H and O–H groups in total. The van der Waals surface area contributed by atoms with Crippen molar-refractivity contribution in [3.05, 3.63) is 41.0 Å². The molecule has 0 radical (unpaired) electrons. The lowest BCUT2D eigenvalue weighted by Gasteiger charge is -2.31. The average molecular weight is 303 g/mol. The van der Waals surface area contributed by atoms with Crippen molar-refractivity contribution in [2.75, 3.05) is 6.54 Å². The van der Waals surface area contributed by atoms with Gasteiger partial charge in [-0.3, -0.25) is 9.69 Å². The lowest BCUT2D eigenvalue weighted by Crippen LogP contribution is -2.45. The fourth-order valence-corrected chi connectivity index (χ4v) is 2.69. The lowest BCUT2D eigenvalue weighted by molar-refractivity contribution is -0.143. The number of nitrogens with one attached hydrogen (secondary N) is 1. The van der Waals surface area contributed by atoms with E-state index in [1.165, 1.54) is 11.1 Å². The van der Waals surface area contributed by atoms with Gasteiger partial charge in [0, 0.05) is 19.5 Å². The summed E-state index contributed by atoms with van der Waals surface area (Å²) in [6.07, 6.45) is 8.56. The van der Waals surface area contributed by atoms with Gasteiger partial charge in [0.25, 0.3) is 0 Å². The summed E-state index contributed by atoms with van der Waals surface area (Å²) < 4.78 is 0. The first kappa shape index (κ1) is 16.5. The smallest absolute Gasteiger partial charge is 0.321 e. The number of fused-ring (bicyclic) bond motifs is 1. The van der Waals surface area contributed by atoms with E-state index < -0.39 is 12.0 Å². The Morgan fingerprint density at radius 2 is 2.23 bits per heavy atom. The van der Waals surface area contributed by atoms with E-state index in [1.807, 2.05) is 4.90 Å². The fraction of sp³-hybridized carbons (Fsp3) is 0.529. The van der Waals surface area contributed by atoms with Crippen LogP contribution in [0.2, 0.25) is 0 Å². The van der Waals surface area contributed by atoms with E-state index in [0.29, 0.717) is 19.5 Å². The first-order chi connectivity index (χ1) is 10.5. The van der Waals surface area contributed by atoms with E-state index in [2.05, 4.69) is 42.9 Å². The van der Waals surface area contributed by atoms with Crippen molar-refractivity contribution in [2.24, 2.45) is 0 Å². The fourth-order valence-electron chi connectivity index (χ4n) is 2.69. The highest BCUT2D eigenvalue weighted by Gasteiger charge is 2.32. The second-order valence-electron chi connectivity index (χ2n) is 6.19. The Kier molecular flexibility index (Phi) is 5.55. The highest BCUT2D eigenvalue weighted by molar-refractivity contribution is 5.74. The van der Waals surface area contributed by atoms with E-state index >= 15 is 0 Å². The van der Waals surface area contributed by atoms with Crippen molar-refractivity contribution in [1.82, 2.24) is 14.9 Å². The number of carboxylic acid groups (broad SMARTS) is 1. The summed E-state index contributed by atoms with van der Waals surface area (Å²) in [5.74, 6) is -0.774. The summed E-state index contributed by atoms with van der Waals surface area (Å²) in [4.78, 5) is 20.8. The minimum absolute atomic E-state index is 0.471. The zero-order chi connectivity index (χ0) is 16.1. The predicted molar refractivity (Wildman–Crippen MR) is 86.5 cm³/mol. The van der Waals surface area contributed by atoms with Crippen molar-refractivity contribution in [1.29, 1.82) is 0 Å². The van der Waals surface area contributed by atoms with Crippen LogP contribution in [-0.2, 0) is 17.8 Å². The number of carboxylic acids is 1. The van der Waals surface area contributed by atoms with Crippen LogP contribution in [0, 0.1) is 0 Å². The van der Waals surface area contributed by atoms with Gasteiger partial charge in [-0.2, -0.15) is 0 Å². The minimum Gasteiger partial charge on any atom is -0.480 e. The SMILES string of the molecule is CC(C)=CCC/C(C)=C/CN1Cc2[nH]cnc2C[C@H]1C(=O)O. The molecule has 5 heteroatoms. The van der Waals surface area contributed by atoms with Crippen LogP contribution >= 0.6 is 0 Å². The van der Waals surface area contributed by atoms with Gasteiger partial charge in [0.1, 0.15) is 6.04 Å². The first-order valence-corrected chi connectivity index (χ1v) is 7.74. The number of H-pyrrole nitrogens is 1. The molecule has 1 aromatic heterocycles. The van der Waals surface area contributed by atoms with E-state index in [-0.39, 0.29) is 0 Å². The molecule has 1 atom stereocenters. The topological polar surface area (TPSA) is 69.2 Å². The first-order valence-electron chi connectivity index (χ1n) is 7.74. The molecule has 0 amide bonds. The average Bonchev–Trinajstić information content (AvgIpc) is 2.90. The van der Waals surface area contributed by atoms with Gasteiger partial charge in [-0.1, -0.05) is 23.3 Å². The van der Waals surface area contributed by atoms with Crippen LogP contribution < -0.4 is 0 Å². The molecule has 0 aliphatic carbocycles. The van der Waals surface area contributed by atoms with Gasteiger partial charge in [0.2, 0.25) is 0 Å². The van der Waals surface area contributed by atoms with Gasteiger partial charge in [-0.25, -0.2) is 4.98 Å². The number of carbonyl (C=O) groups is 1. The van der Waals surface area contributed by atoms with E-state index in [0.717, 1.165) is 24.2 Å². The van der Waals surface area contributed by atoms with Crippen LogP contribution in [0.15, 0.2) is 29.6 Å². The third kappa shape index (κ3) is 4.31. The number of rotatable bonds is 6. The summed E-state index contributed by atoms with van der Waals surface area (Å²) in [6, 6.07) is -0.488. The number of nitrogens with zero attached hydrogens (tertiary/aromatic N) is 2.